The van der Waals surface area contributed by atoms with Crippen LogP contribution < -0.4 is 4.74 Å². The summed E-state index contributed by atoms with van der Waals surface area (Å²) in [5, 5.41) is 3.99. The lowest BCUT2D eigenvalue weighted by molar-refractivity contribution is 0.216. The molecule has 1 aromatic heterocycles. The molecule has 0 radical (unpaired) electrons. The van der Waals surface area contributed by atoms with E-state index in [4.69, 9.17) is 9.26 Å². The third-order valence-electron chi connectivity index (χ3n) is 4.62. The number of rotatable bonds is 6. The van der Waals surface area contributed by atoms with Crippen molar-refractivity contribution in [3.05, 3.63) is 65.8 Å². The molecule has 0 aliphatic carbocycles. The molecule has 1 saturated heterocycles. The molecule has 0 saturated carbocycles. The van der Waals surface area contributed by atoms with Gasteiger partial charge in [0.25, 0.3) is 0 Å². The van der Waals surface area contributed by atoms with Crippen molar-refractivity contribution in [1.29, 1.82) is 0 Å². The fourth-order valence-corrected chi connectivity index (χ4v) is 4.69. The largest absolute Gasteiger partial charge is 0.496 e. The van der Waals surface area contributed by atoms with Gasteiger partial charge in [-0.05, 0) is 29.8 Å². The van der Waals surface area contributed by atoms with E-state index in [-0.39, 0.29) is 24.8 Å². The average molecular weight is 403 g/mol. The van der Waals surface area contributed by atoms with Gasteiger partial charge in [-0.2, -0.15) is 9.29 Å². The van der Waals surface area contributed by atoms with Crippen LogP contribution in [0.15, 0.2) is 53.1 Å². The van der Waals surface area contributed by atoms with E-state index in [1.54, 1.807) is 19.2 Å². The number of hydrogen-bond acceptors (Lipinski definition) is 6. The van der Waals surface area contributed by atoms with Crippen molar-refractivity contribution in [1.82, 2.24) is 14.4 Å². The molecular weight excluding hydrogens is 385 g/mol. The Morgan fingerprint density at radius 3 is 2.75 bits per heavy atom. The van der Waals surface area contributed by atoms with Crippen LogP contribution in [-0.4, -0.2) is 43.1 Å². The molecule has 0 N–H and O–H groups in total. The zero-order chi connectivity index (χ0) is 19.7. The molecule has 0 unspecified atom stereocenters. The molecule has 0 atom stereocenters. The third-order valence-corrected chi connectivity index (χ3v) is 6.40. The van der Waals surface area contributed by atoms with Crippen LogP contribution in [0.3, 0.4) is 0 Å². The van der Waals surface area contributed by atoms with Crippen molar-refractivity contribution >= 4 is 10.0 Å². The van der Waals surface area contributed by atoms with E-state index < -0.39 is 15.8 Å². The van der Waals surface area contributed by atoms with Crippen molar-refractivity contribution in [2.75, 3.05) is 20.2 Å². The summed E-state index contributed by atoms with van der Waals surface area (Å²) in [4.78, 5) is 4.39. The molecule has 28 heavy (non-hydrogen) atoms. The summed E-state index contributed by atoms with van der Waals surface area (Å²) in [6.45, 7) is 0.510. The van der Waals surface area contributed by atoms with Crippen LogP contribution in [0.4, 0.5) is 4.39 Å². The second-order valence-corrected chi connectivity index (χ2v) is 8.53. The SMILES string of the molecule is COc1ccccc1-c1noc(C2CN(S(=O)(=O)Cc3cccc(F)c3)C2)n1. The standard InChI is InChI=1S/C19H18FN3O4S/c1-26-17-8-3-2-7-16(17)18-21-19(27-22-18)14-10-23(11-14)28(24,25)12-13-5-4-6-15(20)9-13/h2-9,14H,10-12H2,1H3. The molecule has 9 heteroatoms. The quantitative estimate of drug-likeness (QED) is 0.629. The molecule has 0 amide bonds. The van der Waals surface area contributed by atoms with E-state index in [1.807, 2.05) is 18.2 Å². The fourth-order valence-electron chi connectivity index (χ4n) is 3.09. The number of methoxy groups -OCH3 is 1. The van der Waals surface area contributed by atoms with Gasteiger partial charge in [0.05, 0.1) is 24.3 Å². The Morgan fingerprint density at radius 2 is 2.00 bits per heavy atom. The molecule has 7 nitrogen and oxygen atoms in total. The van der Waals surface area contributed by atoms with Gasteiger partial charge in [-0.1, -0.05) is 29.4 Å². The van der Waals surface area contributed by atoms with Crippen molar-refractivity contribution in [3.63, 3.8) is 0 Å². The molecule has 4 rings (SSSR count). The molecule has 1 aliphatic rings. The van der Waals surface area contributed by atoms with Crippen LogP contribution in [0.2, 0.25) is 0 Å². The molecule has 2 heterocycles. The molecule has 0 spiro atoms. The zero-order valence-corrected chi connectivity index (χ0v) is 15.9. The lowest BCUT2D eigenvalue weighted by Gasteiger charge is -2.35. The number of benzene rings is 2. The lowest BCUT2D eigenvalue weighted by atomic mass is 10.0. The second kappa shape index (κ2) is 7.33. The molecule has 2 aromatic carbocycles. The highest BCUT2D eigenvalue weighted by molar-refractivity contribution is 7.88. The number of ether oxygens (including phenoxy) is 1. The zero-order valence-electron chi connectivity index (χ0n) is 15.1. The predicted molar refractivity (Wildman–Crippen MR) is 99.6 cm³/mol. The molecule has 146 valence electrons. The maximum atomic E-state index is 13.3. The average Bonchev–Trinajstić information content (AvgIpc) is 3.09. The molecule has 1 aliphatic heterocycles. The second-order valence-electron chi connectivity index (χ2n) is 6.56. The number of nitrogens with zero attached hydrogens (tertiary/aromatic N) is 3. The first-order valence-corrected chi connectivity index (χ1v) is 10.3. The van der Waals surface area contributed by atoms with Crippen molar-refractivity contribution in [2.45, 2.75) is 11.7 Å². The molecule has 3 aromatic rings. The van der Waals surface area contributed by atoms with Crippen molar-refractivity contribution in [3.8, 4) is 17.1 Å². The fraction of sp³-hybridized carbons (Fsp3) is 0.263. The maximum absolute atomic E-state index is 13.3. The summed E-state index contributed by atoms with van der Waals surface area (Å²) < 4.78 is 50.2. The van der Waals surface area contributed by atoms with Crippen LogP contribution in [0.5, 0.6) is 5.75 Å². The topological polar surface area (TPSA) is 85.5 Å². The first-order chi connectivity index (χ1) is 13.5. The van der Waals surface area contributed by atoms with Gasteiger partial charge < -0.3 is 9.26 Å². The van der Waals surface area contributed by atoms with Gasteiger partial charge in [0.1, 0.15) is 11.6 Å². The first-order valence-electron chi connectivity index (χ1n) is 8.65. The summed E-state index contributed by atoms with van der Waals surface area (Å²) in [5.41, 5.74) is 1.12. The summed E-state index contributed by atoms with van der Waals surface area (Å²) in [6.07, 6.45) is 0. The Kier molecular flexibility index (Phi) is 4.86. The number of para-hydroxylation sites is 1. The van der Waals surface area contributed by atoms with Crippen LogP contribution >= 0.6 is 0 Å². The van der Waals surface area contributed by atoms with E-state index in [2.05, 4.69) is 10.1 Å². The molecule has 1 fully saturated rings. The van der Waals surface area contributed by atoms with E-state index in [9.17, 15) is 12.8 Å². The Balaban J connectivity index is 1.43. The Bertz CT molecular complexity index is 1090. The minimum atomic E-state index is -3.53. The van der Waals surface area contributed by atoms with E-state index in [0.717, 1.165) is 0 Å². The van der Waals surface area contributed by atoms with Crippen LogP contribution in [0.25, 0.3) is 11.4 Å². The van der Waals surface area contributed by atoms with Gasteiger partial charge in [-0.15, -0.1) is 0 Å². The van der Waals surface area contributed by atoms with Crippen LogP contribution in [-0.2, 0) is 15.8 Å². The predicted octanol–water partition coefficient (Wildman–Crippen LogP) is 2.81. The number of aromatic nitrogens is 2. The highest BCUT2D eigenvalue weighted by Crippen LogP contribution is 2.32. The number of halogens is 1. The third kappa shape index (κ3) is 3.63. The Hall–Kier alpha value is -2.78. The molecular formula is C19H18FN3O4S. The summed E-state index contributed by atoms with van der Waals surface area (Å²) in [7, 11) is -1.97. The first kappa shape index (κ1) is 18.6. The van der Waals surface area contributed by atoms with Crippen molar-refractivity contribution < 1.29 is 22.1 Å². The maximum Gasteiger partial charge on any atom is 0.232 e. The summed E-state index contributed by atoms with van der Waals surface area (Å²) in [5.74, 6) is 0.546. The highest BCUT2D eigenvalue weighted by atomic mass is 32.2. The van der Waals surface area contributed by atoms with Gasteiger partial charge in [0, 0.05) is 13.1 Å². The molecule has 0 bridgehead atoms. The normalized spacial score (nSPS) is 15.4. The smallest absolute Gasteiger partial charge is 0.232 e. The number of sulfonamides is 1. The van der Waals surface area contributed by atoms with Gasteiger partial charge in [-0.3, -0.25) is 0 Å². The Labute approximate surface area is 161 Å². The summed E-state index contributed by atoms with van der Waals surface area (Å²) in [6, 6.07) is 12.9. The van der Waals surface area contributed by atoms with E-state index in [0.29, 0.717) is 28.6 Å². The Morgan fingerprint density at radius 1 is 1.21 bits per heavy atom. The minimum absolute atomic E-state index is 0.168. The van der Waals surface area contributed by atoms with Gasteiger partial charge >= 0.3 is 0 Å². The van der Waals surface area contributed by atoms with E-state index >= 15 is 0 Å². The van der Waals surface area contributed by atoms with Crippen LogP contribution in [0, 0.1) is 5.82 Å². The van der Waals surface area contributed by atoms with Gasteiger partial charge in [0.2, 0.25) is 21.7 Å². The van der Waals surface area contributed by atoms with Crippen molar-refractivity contribution in [2.24, 2.45) is 0 Å². The van der Waals surface area contributed by atoms with Gasteiger partial charge in [-0.25, -0.2) is 12.8 Å². The lowest BCUT2D eigenvalue weighted by Crippen LogP contribution is -2.48. The van der Waals surface area contributed by atoms with E-state index in [1.165, 1.54) is 22.5 Å². The minimum Gasteiger partial charge on any atom is -0.496 e. The number of hydrogen-bond donors (Lipinski definition) is 0. The monoisotopic (exact) mass is 403 g/mol. The highest BCUT2D eigenvalue weighted by Gasteiger charge is 2.39. The van der Waals surface area contributed by atoms with Gasteiger partial charge in [0.15, 0.2) is 0 Å². The summed E-state index contributed by atoms with van der Waals surface area (Å²) >= 11 is 0. The van der Waals surface area contributed by atoms with Crippen LogP contribution in [0.1, 0.15) is 17.4 Å².